The van der Waals surface area contributed by atoms with Crippen LogP contribution >= 0.6 is 0 Å². The summed E-state index contributed by atoms with van der Waals surface area (Å²) in [6, 6.07) is 5.29. The number of hydrogen-bond donors (Lipinski definition) is 3. The molecule has 2 aliphatic rings. The largest absolute Gasteiger partial charge is 0.435 e. The summed E-state index contributed by atoms with van der Waals surface area (Å²) < 4.78 is 61.1. The van der Waals surface area contributed by atoms with Gasteiger partial charge in [-0.05, 0) is 19.0 Å². The zero-order chi connectivity index (χ0) is 25.5. The summed E-state index contributed by atoms with van der Waals surface area (Å²) in [7, 11) is -4.12. The van der Waals surface area contributed by atoms with E-state index in [1.807, 2.05) is 6.07 Å². The Hall–Kier alpha value is -3.02. The number of halogens is 2. The Balaban J connectivity index is 1.79. The highest BCUT2D eigenvalue weighted by Crippen LogP contribution is 2.23. The number of ether oxygens (including phenoxy) is 2. The first kappa shape index (κ1) is 26.6. The lowest BCUT2D eigenvalue weighted by atomic mass is 10.0. The Morgan fingerprint density at radius 2 is 2.00 bits per heavy atom. The van der Waals surface area contributed by atoms with E-state index in [4.69, 9.17) is 4.74 Å². The Kier molecular flexibility index (Phi) is 8.82. The molecule has 3 amide bonds. The molecule has 1 aromatic carbocycles. The molecule has 3 rings (SSSR count). The molecule has 0 aliphatic carbocycles. The lowest BCUT2D eigenvalue weighted by Crippen LogP contribution is -2.60. The SMILES string of the molecule is N#CC1(NC(=O)[C@H](CS(=O)(=O)Cc2ccccc2OC(F)F)NC(=O)N2CCOCC2)CCNC1. The van der Waals surface area contributed by atoms with Crippen molar-refractivity contribution in [3.05, 3.63) is 29.8 Å². The molecule has 0 bridgehead atoms. The summed E-state index contributed by atoms with van der Waals surface area (Å²) in [6.07, 6.45) is 0.310. The van der Waals surface area contributed by atoms with Crippen LogP contribution in [0.25, 0.3) is 0 Å². The third kappa shape index (κ3) is 7.48. The van der Waals surface area contributed by atoms with Gasteiger partial charge in [0, 0.05) is 25.2 Å². The van der Waals surface area contributed by atoms with Gasteiger partial charge >= 0.3 is 12.6 Å². The van der Waals surface area contributed by atoms with Crippen molar-refractivity contribution in [2.24, 2.45) is 0 Å². The van der Waals surface area contributed by atoms with Crippen molar-refractivity contribution in [3.8, 4) is 11.8 Å². The lowest BCUT2D eigenvalue weighted by Gasteiger charge is -2.30. The highest BCUT2D eigenvalue weighted by Gasteiger charge is 2.39. The number of alkyl halides is 2. The number of hydrogen-bond acceptors (Lipinski definition) is 8. The summed E-state index contributed by atoms with van der Waals surface area (Å²) in [5.74, 6) is -2.65. The number of para-hydroxylation sites is 1. The minimum absolute atomic E-state index is 0.0139. The highest BCUT2D eigenvalue weighted by molar-refractivity contribution is 7.90. The van der Waals surface area contributed by atoms with E-state index in [0.29, 0.717) is 26.2 Å². The number of nitrogens with zero attached hydrogens (tertiary/aromatic N) is 2. The Morgan fingerprint density at radius 3 is 2.63 bits per heavy atom. The van der Waals surface area contributed by atoms with Gasteiger partial charge in [-0.3, -0.25) is 4.79 Å². The molecule has 0 radical (unpaired) electrons. The summed E-state index contributed by atoms with van der Waals surface area (Å²) in [5.41, 5.74) is -1.25. The second kappa shape index (κ2) is 11.6. The van der Waals surface area contributed by atoms with Crippen molar-refractivity contribution in [1.82, 2.24) is 20.9 Å². The number of carbonyl (C=O) groups excluding carboxylic acids is 2. The topological polar surface area (TPSA) is 150 Å². The lowest BCUT2D eigenvalue weighted by molar-refractivity contribution is -0.123. The van der Waals surface area contributed by atoms with Crippen molar-refractivity contribution in [3.63, 3.8) is 0 Å². The molecule has 11 nitrogen and oxygen atoms in total. The maximum atomic E-state index is 13.1. The zero-order valence-electron chi connectivity index (χ0n) is 18.8. The Bertz CT molecular complexity index is 1050. The van der Waals surface area contributed by atoms with Crippen LogP contribution in [0, 0.1) is 11.3 Å². The minimum Gasteiger partial charge on any atom is -0.435 e. The molecular formula is C21H27F2N5O6S. The molecule has 14 heteroatoms. The maximum Gasteiger partial charge on any atom is 0.387 e. The summed E-state index contributed by atoms with van der Waals surface area (Å²) in [6.45, 7) is -1.37. The van der Waals surface area contributed by atoms with Crippen LogP contribution in [0.2, 0.25) is 0 Å². The van der Waals surface area contributed by atoms with Gasteiger partial charge in [-0.15, -0.1) is 0 Å². The van der Waals surface area contributed by atoms with Crippen LogP contribution in [0.1, 0.15) is 12.0 Å². The van der Waals surface area contributed by atoms with Crippen molar-refractivity contribution in [1.29, 1.82) is 5.26 Å². The van der Waals surface area contributed by atoms with E-state index in [1.54, 1.807) is 0 Å². The van der Waals surface area contributed by atoms with E-state index in [2.05, 4.69) is 20.7 Å². The molecule has 2 fully saturated rings. The van der Waals surface area contributed by atoms with Gasteiger partial charge in [-0.25, -0.2) is 13.2 Å². The molecule has 0 saturated carbocycles. The third-order valence-electron chi connectivity index (χ3n) is 5.63. The van der Waals surface area contributed by atoms with Gasteiger partial charge in [-0.2, -0.15) is 14.0 Å². The quantitative estimate of drug-likeness (QED) is 0.416. The molecular weight excluding hydrogens is 488 g/mol. The van der Waals surface area contributed by atoms with E-state index >= 15 is 0 Å². The number of nitrogens with one attached hydrogen (secondary N) is 3. The fourth-order valence-electron chi connectivity index (χ4n) is 3.82. The highest BCUT2D eigenvalue weighted by atomic mass is 32.2. The predicted molar refractivity (Wildman–Crippen MR) is 119 cm³/mol. The predicted octanol–water partition coefficient (Wildman–Crippen LogP) is -0.0149. The summed E-state index contributed by atoms with van der Waals surface area (Å²) in [5, 5.41) is 17.5. The van der Waals surface area contributed by atoms with Gasteiger partial charge in [0.1, 0.15) is 17.3 Å². The molecule has 35 heavy (non-hydrogen) atoms. The fourth-order valence-corrected chi connectivity index (χ4v) is 5.39. The monoisotopic (exact) mass is 515 g/mol. The molecule has 192 valence electrons. The molecule has 2 atom stereocenters. The van der Waals surface area contributed by atoms with E-state index < -0.39 is 51.5 Å². The van der Waals surface area contributed by atoms with Gasteiger partial charge in [-0.1, -0.05) is 18.2 Å². The van der Waals surface area contributed by atoms with Crippen molar-refractivity contribution in [2.75, 3.05) is 45.1 Å². The standard InChI is InChI=1S/C21H27F2N5O6S/c22-19(23)34-17-4-2-1-3-15(17)11-35(31,32)12-16(26-20(30)28-7-9-33-10-8-28)18(29)27-21(13-24)5-6-25-14-21/h1-4,16,19,25H,5-12,14H2,(H,26,30)(H,27,29)/t16-,21?/m0/s1. The van der Waals surface area contributed by atoms with Crippen molar-refractivity contribution < 1.29 is 36.3 Å². The molecule has 0 aromatic heterocycles. The van der Waals surface area contributed by atoms with Gasteiger partial charge in [0.15, 0.2) is 9.84 Å². The van der Waals surface area contributed by atoms with Crippen LogP contribution in [0.4, 0.5) is 13.6 Å². The minimum atomic E-state index is -4.12. The molecule has 2 heterocycles. The number of carbonyl (C=O) groups is 2. The number of sulfone groups is 1. The number of morpholine rings is 1. The van der Waals surface area contributed by atoms with E-state index in [1.165, 1.54) is 29.2 Å². The maximum absolute atomic E-state index is 13.1. The molecule has 3 N–H and O–H groups in total. The van der Waals surface area contributed by atoms with E-state index in [-0.39, 0.29) is 30.9 Å². The first-order valence-electron chi connectivity index (χ1n) is 10.9. The Labute approximate surface area is 201 Å². The molecule has 1 unspecified atom stereocenters. The number of benzene rings is 1. The van der Waals surface area contributed by atoms with Gasteiger partial charge in [0.05, 0.1) is 30.8 Å². The number of amides is 3. The number of rotatable bonds is 9. The van der Waals surface area contributed by atoms with Crippen LogP contribution < -0.4 is 20.7 Å². The van der Waals surface area contributed by atoms with Crippen LogP contribution in [0.15, 0.2) is 24.3 Å². The molecule has 2 saturated heterocycles. The summed E-state index contributed by atoms with van der Waals surface area (Å²) in [4.78, 5) is 27.2. The number of urea groups is 1. The fraction of sp³-hybridized carbons (Fsp3) is 0.571. The van der Waals surface area contributed by atoms with Crippen LogP contribution in [0.3, 0.4) is 0 Å². The van der Waals surface area contributed by atoms with Gasteiger partial charge in [0.25, 0.3) is 0 Å². The van der Waals surface area contributed by atoms with Crippen LogP contribution in [0.5, 0.6) is 5.75 Å². The van der Waals surface area contributed by atoms with Crippen LogP contribution in [-0.2, 0) is 25.1 Å². The third-order valence-corrected chi connectivity index (χ3v) is 7.22. The summed E-state index contributed by atoms with van der Waals surface area (Å²) >= 11 is 0. The van der Waals surface area contributed by atoms with Crippen molar-refractivity contribution >= 4 is 21.8 Å². The molecule has 1 aromatic rings. The average Bonchev–Trinajstić information content (AvgIpc) is 3.28. The number of nitriles is 1. The second-order valence-corrected chi connectivity index (χ2v) is 10.4. The van der Waals surface area contributed by atoms with Gasteiger partial charge in [0.2, 0.25) is 5.91 Å². The zero-order valence-corrected chi connectivity index (χ0v) is 19.7. The van der Waals surface area contributed by atoms with E-state index in [9.17, 15) is 32.0 Å². The smallest absolute Gasteiger partial charge is 0.387 e. The molecule has 2 aliphatic heterocycles. The van der Waals surface area contributed by atoms with Crippen LogP contribution in [-0.4, -0.2) is 88.6 Å². The first-order valence-corrected chi connectivity index (χ1v) is 12.8. The normalized spacial score (nSPS) is 21.3. The van der Waals surface area contributed by atoms with Gasteiger partial charge < -0.3 is 30.3 Å². The Morgan fingerprint density at radius 1 is 1.29 bits per heavy atom. The van der Waals surface area contributed by atoms with Crippen molar-refractivity contribution in [2.45, 2.75) is 30.4 Å². The average molecular weight is 516 g/mol. The second-order valence-electron chi connectivity index (χ2n) is 8.25. The molecule has 0 spiro atoms. The first-order chi connectivity index (χ1) is 16.6. The van der Waals surface area contributed by atoms with E-state index in [0.717, 1.165) is 0 Å².